The molecule has 2 atom stereocenters. The summed E-state index contributed by atoms with van der Waals surface area (Å²) in [6.07, 6.45) is 0.766. The minimum atomic E-state index is 0.151. The third kappa shape index (κ3) is 5.58. The van der Waals surface area contributed by atoms with Gasteiger partial charge in [0.15, 0.2) is 0 Å². The Balaban J connectivity index is 3.98. The summed E-state index contributed by atoms with van der Waals surface area (Å²) in [7, 11) is 0. The summed E-state index contributed by atoms with van der Waals surface area (Å²) in [6, 6.07) is 0.307. The molecule has 0 aliphatic carbocycles. The van der Waals surface area contributed by atoms with Crippen molar-refractivity contribution >= 4 is 0 Å². The fourth-order valence-corrected chi connectivity index (χ4v) is 1.38. The summed E-state index contributed by atoms with van der Waals surface area (Å²) in [5, 5.41) is 21.2. The molecule has 2 unspecified atom stereocenters. The number of aliphatic hydroxyl groups excluding tert-OH is 2. The van der Waals surface area contributed by atoms with Gasteiger partial charge in [-0.2, -0.15) is 0 Å². The molecule has 0 rings (SSSR count). The summed E-state index contributed by atoms with van der Waals surface area (Å²) < 4.78 is 0. The van der Waals surface area contributed by atoms with Crippen LogP contribution in [0.15, 0.2) is 0 Å². The van der Waals surface area contributed by atoms with Crippen LogP contribution in [0.2, 0.25) is 0 Å². The second-order valence-corrected chi connectivity index (χ2v) is 5.13. The molecule has 3 heteroatoms. The number of aliphatic hydroxyl groups is 2. The van der Waals surface area contributed by atoms with Crippen LogP contribution in [0.4, 0.5) is 0 Å². The van der Waals surface area contributed by atoms with E-state index in [9.17, 15) is 0 Å². The average Bonchev–Trinajstić information content (AvgIpc) is 2.09. The summed E-state index contributed by atoms with van der Waals surface area (Å²) in [5.41, 5.74) is 0.151. The van der Waals surface area contributed by atoms with Crippen molar-refractivity contribution < 1.29 is 10.2 Å². The predicted octanol–water partition coefficient (Wildman–Crippen LogP) is 1.00. The van der Waals surface area contributed by atoms with Gasteiger partial charge in [-0.15, -0.1) is 0 Å². The third-order valence-electron chi connectivity index (χ3n) is 2.49. The maximum absolute atomic E-state index is 8.93. The van der Waals surface area contributed by atoms with Crippen molar-refractivity contribution in [3.63, 3.8) is 0 Å². The molecule has 0 aliphatic rings. The quantitative estimate of drug-likeness (QED) is 0.603. The highest BCUT2D eigenvalue weighted by atomic mass is 16.3. The van der Waals surface area contributed by atoms with E-state index in [0.717, 1.165) is 13.0 Å². The van der Waals surface area contributed by atoms with Gasteiger partial charge in [0.05, 0.1) is 0 Å². The van der Waals surface area contributed by atoms with Gasteiger partial charge in [-0.1, -0.05) is 27.7 Å². The van der Waals surface area contributed by atoms with Gasteiger partial charge in [-0.05, 0) is 17.8 Å². The standard InChI is InChI=1S/C11H25NO2/c1-9(8-14)7-12-10(5-6-13)11(2,3)4/h9-10,12-14H,5-8H2,1-4H3. The van der Waals surface area contributed by atoms with Crippen molar-refractivity contribution in [2.75, 3.05) is 19.8 Å². The second-order valence-electron chi connectivity index (χ2n) is 5.13. The first kappa shape index (κ1) is 13.9. The molecule has 14 heavy (non-hydrogen) atoms. The number of nitrogens with one attached hydrogen (secondary N) is 1. The molecule has 0 aromatic carbocycles. The maximum atomic E-state index is 8.93. The fourth-order valence-electron chi connectivity index (χ4n) is 1.38. The summed E-state index contributed by atoms with van der Waals surface area (Å²) in [5.74, 6) is 0.276. The lowest BCUT2D eigenvalue weighted by molar-refractivity contribution is 0.178. The van der Waals surface area contributed by atoms with Gasteiger partial charge < -0.3 is 15.5 Å². The summed E-state index contributed by atoms with van der Waals surface area (Å²) >= 11 is 0. The van der Waals surface area contributed by atoms with Crippen molar-refractivity contribution in [2.24, 2.45) is 11.3 Å². The molecule has 0 heterocycles. The van der Waals surface area contributed by atoms with E-state index in [2.05, 4.69) is 26.1 Å². The Hall–Kier alpha value is -0.120. The smallest absolute Gasteiger partial charge is 0.0468 e. The van der Waals surface area contributed by atoms with E-state index in [-0.39, 0.29) is 24.5 Å². The van der Waals surface area contributed by atoms with Gasteiger partial charge in [0.25, 0.3) is 0 Å². The van der Waals surface area contributed by atoms with Gasteiger partial charge in [0.1, 0.15) is 0 Å². The molecule has 0 saturated heterocycles. The van der Waals surface area contributed by atoms with E-state index in [1.807, 2.05) is 6.92 Å². The topological polar surface area (TPSA) is 52.5 Å². The van der Waals surface area contributed by atoms with Gasteiger partial charge >= 0.3 is 0 Å². The highest BCUT2D eigenvalue weighted by Gasteiger charge is 2.23. The highest BCUT2D eigenvalue weighted by molar-refractivity contribution is 4.80. The van der Waals surface area contributed by atoms with Crippen molar-refractivity contribution in [2.45, 2.75) is 40.2 Å². The monoisotopic (exact) mass is 203 g/mol. The molecule has 0 aromatic heterocycles. The van der Waals surface area contributed by atoms with E-state index in [1.165, 1.54) is 0 Å². The Kier molecular flexibility index (Phi) is 6.33. The van der Waals surface area contributed by atoms with Gasteiger partial charge in [-0.25, -0.2) is 0 Å². The van der Waals surface area contributed by atoms with Crippen LogP contribution in [0.1, 0.15) is 34.1 Å². The minimum absolute atomic E-state index is 0.151. The van der Waals surface area contributed by atoms with E-state index >= 15 is 0 Å². The van der Waals surface area contributed by atoms with Gasteiger partial charge in [0.2, 0.25) is 0 Å². The lowest BCUT2D eigenvalue weighted by Crippen LogP contribution is -2.43. The molecule has 0 aliphatic heterocycles. The average molecular weight is 203 g/mol. The molecule has 0 radical (unpaired) electrons. The molecule has 3 nitrogen and oxygen atoms in total. The van der Waals surface area contributed by atoms with Crippen LogP contribution in [0, 0.1) is 11.3 Å². The van der Waals surface area contributed by atoms with E-state index in [1.54, 1.807) is 0 Å². The lowest BCUT2D eigenvalue weighted by Gasteiger charge is -2.32. The molecule has 0 amide bonds. The van der Waals surface area contributed by atoms with E-state index in [4.69, 9.17) is 10.2 Å². The first-order chi connectivity index (χ1) is 6.41. The van der Waals surface area contributed by atoms with Gasteiger partial charge in [0, 0.05) is 25.8 Å². The van der Waals surface area contributed by atoms with Crippen molar-refractivity contribution in [1.82, 2.24) is 5.32 Å². The third-order valence-corrected chi connectivity index (χ3v) is 2.49. The Morgan fingerprint density at radius 1 is 1.21 bits per heavy atom. The fraction of sp³-hybridized carbons (Fsp3) is 1.00. The molecule has 0 saturated carbocycles. The SMILES string of the molecule is CC(CO)CNC(CCO)C(C)(C)C. The zero-order chi connectivity index (χ0) is 11.2. The molecule has 0 fully saturated rings. The Morgan fingerprint density at radius 2 is 1.79 bits per heavy atom. The number of hydrogen-bond acceptors (Lipinski definition) is 3. The van der Waals surface area contributed by atoms with Gasteiger partial charge in [-0.3, -0.25) is 0 Å². The molecule has 0 bridgehead atoms. The van der Waals surface area contributed by atoms with Crippen LogP contribution in [0.3, 0.4) is 0 Å². The Labute approximate surface area is 87.5 Å². The summed E-state index contributed by atoms with van der Waals surface area (Å²) in [6.45, 7) is 9.70. The van der Waals surface area contributed by atoms with Crippen LogP contribution in [-0.2, 0) is 0 Å². The largest absolute Gasteiger partial charge is 0.396 e. The molecular weight excluding hydrogens is 178 g/mol. The Morgan fingerprint density at radius 3 is 2.14 bits per heavy atom. The highest BCUT2D eigenvalue weighted by Crippen LogP contribution is 2.21. The van der Waals surface area contributed by atoms with Crippen molar-refractivity contribution in [1.29, 1.82) is 0 Å². The molecular formula is C11H25NO2. The van der Waals surface area contributed by atoms with Crippen LogP contribution in [0.25, 0.3) is 0 Å². The van der Waals surface area contributed by atoms with Crippen LogP contribution < -0.4 is 5.32 Å². The zero-order valence-electron chi connectivity index (χ0n) is 9.88. The molecule has 0 aromatic rings. The first-order valence-corrected chi connectivity index (χ1v) is 5.37. The van der Waals surface area contributed by atoms with Crippen molar-refractivity contribution in [3.05, 3.63) is 0 Å². The van der Waals surface area contributed by atoms with Crippen LogP contribution in [0.5, 0.6) is 0 Å². The van der Waals surface area contributed by atoms with E-state index in [0.29, 0.717) is 6.04 Å². The molecule has 3 N–H and O–H groups in total. The minimum Gasteiger partial charge on any atom is -0.396 e. The van der Waals surface area contributed by atoms with Crippen molar-refractivity contribution in [3.8, 4) is 0 Å². The van der Waals surface area contributed by atoms with Crippen LogP contribution in [-0.4, -0.2) is 36.0 Å². The number of hydrogen-bond donors (Lipinski definition) is 3. The predicted molar refractivity (Wildman–Crippen MR) is 59.2 cm³/mol. The number of rotatable bonds is 6. The Bertz CT molecular complexity index is 143. The molecule has 0 spiro atoms. The van der Waals surface area contributed by atoms with E-state index < -0.39 is 0 Å². The first-order valence-electron chi connectivity index (χ1n) is 5.37. The maximum Gasteiger partial charge on any atom is 0.0468 e. The molecule has 86 valence electrons. The zero-order valence-corrected chi connectivity index (χ0v) is 9.88. The lowest BCUT2D eigenvalue weighted by atomic mass is 9.84. The summed E-state index contributed by atoms with van der Waals surface area (Å²) in [4.78, 5) is 0. The van der Waals surface area contributed by atoms with Crippen LogP contribution >= 0.6 is 0 Å². The normalized spacial score (nSPS) is 16.7. The second kappa shape index (κ2) is 6.38.